The summed E-state index contributed by atoms with van der Waals surface area (Å²) < 4.78 is 1.88. The predicted octanol–water partition coefficient (Wildman–Crippen LogP) is -0.261. The van der Waals surface area contributed by atoms with Gasteiger partial charge in [-0.1, -0.05) is 6.58 Å². The molecule has 108 valence electrons. The van der Waals surface area contributed by atoms with E-state index in [2.05, 4.69) is 16.6 Å². The minimum atomic E-state index is -0.690. The third-order valence-electron chi connectivity index (χ3n) is 2.77. The van der Waals surface area contributed by atoms with Gasteiger partial charge in [0.25, 0.3) is 5.56 Å². The van der Waals surface area contributed by atoms with Gasteiger partial charge in [-0.15, -0.1) is 0 Å². The van der Waals surface area contributed by atoms with Crippen LogP contribution in [0.4, 0.5) is 0 Å². The zero-order valence-corrected chi connectivity index (χ0v) is 10.7. The van der Waals surface area contributed by atoms with Crippen molar-refractivity contribution in [2.45, 2.75) is 13.0 Å². The largest absolute Gasteiger partial charge is 0.396 e. The number of aliphatic hydroxyl groups excluding tert-OH is 2. The lowest BCUT2D eigenvalue weighted by Gasteiger charge is -2.13. The highest BCUT2D eigenvalue weighted by Gasteiger charge is 2.10. The van der Waals surface area contributed by atoms with Crippen molar-refractivity contribution in [1.29, 1.82) is 0 Å². The lowest BCUT2D eigenvalue weighted by Crippen LogP contribution is -2.38. The van der Waals surface area contributed by atoms with E-state index in [9.17, 15) is 9.59 Å². The SMILES string of the molecule is C=C(N=[N+]=[N-])n1c(=O)ccn(CCC(CO)CO)c1=O. The molecule has 9 heteroatoms. The van der Waals surface area contributed by atoms with E-state index in [1.807, 2.05) is 0 Å². The van der Waals surface area contributed by atoms with Crippen LogP contribution in [0, 0.1) is 5.92 Å². The smallest absolute Gasteiger partial charge is 0.335 e. The molecule has 0 aliphatic rings. The summed E-state index contributed by atoms with van der Waals surface area (Å²) in [6, 6.07) is 1.15. The van der Waals surface area contributed by atoms with E-state index < -0.39 is 11.2 Å². The zero-order chi connectivity index (χ0) is 15.1. The number of aliphatic hydroxyl groups is 2. The Balaban J connectivity index is 3.09. The summed E-state index contributed by atoms with van der Waals surface area (Å²) in [5.74, 6) is -0.652. The summed E-state index contributed by atoms with van der Waals surface area (Å²) in [6.45, 7) is 3.16. The third kappa shape index (κ3) is 3.58. The Hall–Kier alpha value is -2.35. The number of aryl methyl sites for hydroxylation is 1. The van der Waals surface area contributed by atoms with Gasteiger partial charge in [0.2, 0.25) is 0 Å². The van der Waals surface area contributed by atoms with Crippen LogP contribution in [-0.4, -0.2) is 32.6 Å². The quantitative estimate of drug-likeness (QED) is 0.404. The molecule has 0 unspecified atom stereocenters. The maximum absolute atomic E-state index is 12.1. The van der Waals surface area contributed by atoms with E-state index in [0.717, 1.165) is 6.07 Å². The van der Waals surface area contributed by atoms with Crippen molar-refractivity contribution in [2.75, 3.05) is 13.2 Å². The van der Waals surface area contributed by atoms with Gasteiger partial charge in [-0.05, 0) is 17.1 Å². The number of aromatic nitrogens is 2. The summed E-state index contributed by atoms with van der Waals surface area (Å²) in [5, 5.41) is 21.1. The van der Waals surface area contributed by atoms with Crippen molar-refractivity contribution >= 4 is 5.82 Å². The molecule has 0 radical (unpaired) electrons. The van der Waals surface area contributed by atoms with Crippen LogP contribution in [0.3, 0.4) is 0 Å². The van der Waals surface area contributed by atoms with Crippen LogP contribution >= 0.6 is 0 Å². The molecular weight excluding hydrogens is 266 g/mol. The van der Waals surface area contributed by atoms with E-state index >= 15 is 0 Å². The highest BCUT2D eigenvalue weighted by molar-refractivity contribution is 5.38. The van der Waals surface area contributed by atoms with Crippen LogP contribution in [0.2, 0.25) is 0 Å². The average molecular weight is 281 g/mol. The molecule has 1 heterocycles. The molecule has 1 aromatic heterocycles. The van der Waals surface area contributed by atoms with Gasteiger partial charge in [-0.25, -0.2) is 9.36 Å². The molecule has 0 aliphatic carbocycles. The van der Waals surface area contributed by atoms with Crippen LogP contribution in [0.5, 0.6) is 0 Å². The second-order valence-electron chi connectivity index (χ2n) is 4.09. The normalized spacial score (nSPS) is 10.3. The minimum Gasteiger partial charge on any atom is -0.396 e. The lowest BCUT2D eigenvalue weighted by molar-refractivity contribution is 0.140. The van der Waals surface area contributed by atoms with Gasteiger partial charge >= 0.3 is 5.69 Å². The third-order valence-corrected chi connectivity index (χ3v) is 2.77. The second-order valence-corrected chi connectivity index (χ2v) is 4.09. The summed E-state index contributed by atoms with van der Waals surface area (Å²) in [5.41, 5.74) is 6.97. The first-order valence-corrected chi connectivity index (χ1v) is 5.83. The second kappa shape index (κ2) is 7.29. The van der Waals surface area contributed by atoms with Crippen molar-refractivity contribution in [2.24, 2.45) is 11.0 Å². The first-order valence-electron chi connectivity index (χ1n) is 5.83. The summed E-state index contributed by atoms with van der Waals surface area (Å²) in [7, 11) is 0. The summed E-state index contributed by atoms with van der Waals surface area (Å²) in [4.78, 5) is 26.1. The number of hydrogen-bond donors (Lipinski definition) is 2. The van der Waals surface area contributed by atoms with E-state index in [1.54, 1.807) is 0 Å². The molecule has 0 spiro atoms. The number of hydrogen-bond acceptors (Lipinski definition) is 5. The Morgan fingerprint density at radius 1 is 1.45 bits per heavy atom. The Morgan fingerprint density at radius 2 is 2.10 bits per heavy atom. The van der Waals surface area contributed by atoms with Crippen molar-refractivity contribution in [3.8, 4) is 0 Å². The van der Waals surface area contributed by atoms with Crippen LogP contribution in [0.25, 0.3) is 16.3 Å². The van der Waals surface area contributed by atoms with E-state index in [4.69, 9.17) is 15.7 Å². The van der Waals surface area contributed by atoms with Crippen molar-refractivity contribution in [3.63, 3.8) is 0 Å². The molecule has 0 atom stereocenters. The number of azide groups is 1. The lowest BCUT2D eigenvalue weighted by atomic mass is 10.1. The Kier molecular flexibility index (Phi) is 5.73. The first-order chi connectivity index (χ1) is 9.54. The fraction of sp³-hybridized carbons (Fsp3) is 0.455. The van der Waals surface area contributed by atoms with E-state index in [0.29, 0.717) is 11.0 Å². The molecule has 0 aromatic carbocycles. The van der Waals surface area contributed by atoms with Gasteiger partial charge in [0.15, 0.2) is 0 Å². The van der Waals surface area contributed by atoms with Crippen LogP contribution in [-0.2, 0) is 6.54 Å². The minimum absolute atomic E-state index is 0.198. The summed E-state index contributed by atoms with van der Waals surface area (Å²) in [6.07, 6.45) is 1.66. The molecule has 20 heavy (non-hydrogen) atoms. The Labute approximate surface area is 113 Å². The topological polar surface area (TPSA) is 133 Å². The maximum Gasteiger partial charge on any atom is 0.335 e. The van der Waals surface area contributed by atoms with Crippen LogP contribution in [0.15, 0.2) is 33.5 Å². The predicted molar refractivity (Wildman–Crippen MR) is 71.7 cm³/mol. The van der Waals surface area contributed by atoms with Gasteiger partial charge in [-0.3, -0.25) is 4.79 Å². The molecule has 0 aliphatic heterocycles. The molecule has 0 bridgehead atoms. The highest BCUT2D eigenvalue weighted by atomic mass is 16.3. The Bertz CT molecular complexity index is 637. The number of rotatable bonds is 7. The molecule has 0 saturated heterocycles. The molecular formula is C11H15N5O4. The molecule has 1 aromatic rings. The van der Waals surface area contributed by atoms with Crippen molar-refractivity contribution in [1.82, 2.24) is 9.13 Å². The van der Waals surface area contributed by atoms with Gasteiger partial charge in [0.1, 0.15) is 5.82 Å². The molecule has 0 saturated carbocycles. The van der Waals surface area contributed by atoms with Crippen molar-refractivity contribution in [3.05, 3.63) is 50.1 Å². The highest BCUT2D eigenvalue weighted by Crippen LogP contribution is 2.02. The fourth-order valence-corrected chi connectivity index (χ4v) is 1.58. The van der Waals surface area contributed by atoms with E-state index in [-0.39, 0.29) is 31.5 Å². The molecule has 0 fully saturated rings. The average Bonchev–Trinajstić information content (AvgIpc) is 2.42. The van der Waals surface area contributed by atoms with Gasteiger partial charge < -0.3 is 14.8 Å². The molecule has 2 N–H and O–H groups in total. The fourth-order valence-electron chi connectivity index (χ4n) is 1.58. The monoisotopic (exact) mass is 281 g/mol. The molecule has 1 rings (SSSR count). The van der Waals surface area contributed by atoms with Crippen molar-refractivity contribution < 1.29 is 10.2 Å². The zero-order valence-electron chi connectivity index (χ0n) is 10.7. The Morgan fingerprint density at radius 3 is 2.65 bits per heavy atom. The van der Waals surface area contributed by atoms with Crippen LogP contribution < -0.4 is 11.2 Å². The molecule has 9 nitrogen and oxygen atoms in total. The van der Waals surface area contributed by atoms with Gasteiger partial charge in [0, 0.05) is 42.9 Å². The molecule has 0 amide bonds. The summed E-state index contributed by atoms with van der Waals surface area (Å²) >= 11 is 0. The standard InChI is InChI=1S/C11H15N5O4/c1-8(13-14-12)16-10(19)3-5-15(11(16)20)4-2-9(6-17)7-18/h3,5,9,17-18H,1-2,4,6-7H2. The van der Waals surface area contributed by atoms with Crippen LogP contribution in [0.1, 0.15) is 6.42 Å². The number of nitrogens with zero attached hydrogens (tertiary/aromatic N) is 5. The maximum atomic E-state index is 12.1. The first kappa shape index (κ1) is 15.7. The van der Waals surface area contributed by atoms with Gasteiger partial charge in [-0.2, -0.15) is 0 Å². The van der Waals surface area contributed by atoms with E-state index in [1.165, 1.54) is 10.8 Å². The van der Waals surface area contributed by atoms with Gasteiger partial charge in [0.05, 0.1) is 0 Å².